The van der Waals surface area contributed by atoms with E-state index < -0.39 is 22.1 Å². The highest BCUT2D eigenvalue weighted by molar-refractivity contribution is 7.92. The molecule has 1 fully saturated rings. The zero-order valence-corrected chi connectivity index (χ0v) is 15.3. The van der Waals surface area contributed by atoms with E-state index in [1.54, 1.807) is 18.2 Å². The number of carbonyl (C=O) groups is 1. The van der Waals surface area contributed by atoms with Crippen molar-refractivity contribution < 1.29 is 17.6 Å². The van der Waals surface area contributed by atoms with Crippen molar-refractivity contribution in [1.82, 2.24) is 10.6 Å². The molecule has 1 heterocycles. The van der Waals surface area contributed by atoms with Crippen LogP contribution in [0.2, 0.25) is 0 Å². The molecule has 0 bridgehead atoms. The van der Waals surface area contributed by atoms with Crippen LogP contribution in [0.1, 0.15) is 12.0 Å². The van der Waals surface area contributed by atoms with E-state index in [4.69, 9.17) is 0 Å². The van der Waals surface area contributed by atoms with Crippen LogP contribution >= 0.6 is 12.4 Å². The van der Waals surface area contributed by atoms with Gasteiger partial charge in [0.1, 0.15) is 12.7 Å². The summed E-state index contributed by atoms with van der Waals surface area (Å²) in [4.78, 5) is 12.1. The Labute approximate surface area is 148 Å². The highest BCUT2D eigenvalue weighted by Crippen LogP contribution is 2.18. The maximum absolute atomic E-state index is 13.1. The third-order valence-electron chi connectivity index (χ3n) is 3.69. The van der Waals surface area contributed by atoms with Crippen LogP contribution in [0.5, 0.6) is 0 Å². The third-order valence-corrected chi connectivity index (χ3v) is 4.83. The quantitative estimate of drug-likeness (QED) is 0.773. The number of carbonyl (C=O) groups excluding carboxylic acids is 1. The Morgan fingerprint density at radius 2 is 2.17 bits per heavy atom. The summed E-state index contributed by atoms with van der Waals surface area (Å²) in [5.41, 5.74) is 1.35. The van der Waals surface area contributed by atoms with Crippen LogP contribution in [0.3, 0.4) is 0 Å². The Hall–Kier alpha value is -1.38. The van der Waals surface area contributed by atoms with Gasteiger partial charge in [-0.3, -0.25) is 9.10 Å². The second-order valence-electron chi connectivity index (χ2n) is 5.85. The highest BCUT2D eigenvalue weighted by Gasteiger charge is 2.25. The molecule has 2 rings (SSSR count). The van der Waals surface area contributed by atoms with Gasteiger partial charge in [-0.15, -0.1) is 12.4 Å². The van der Waals surface area contributed by atoms with Crippen LogP contribution in [-0.4, -0.2) is 52.4 Å². The standard InChI is InChI=1S/C15H22FN3O3S.ClH/c1-11-4-3-5-14(6-11)19(23(2,21)22)10-15(20)18-9-13-7-12(16)8-17-13;/h3-6,12-13,17H,7-10H2,1-2H3,(H,18,20);1H/t12-,13-;/m0./s1. The Kier molecular flexibility index (Phi) is 7.44. The van der Waals surface area contributed by atoms with Crippen LogP contribution in [0.25, 0.3) is 0 Å². The van der Waals surface area contributed by atoms with Gasteiger partial charge in [0.2, 0.25) is 15.9 Å². The molecule has 1 aromatic carbocycles. The maximum Gasteiger partial charge on any atom is 0.240 e. The number of nitrogens with zero attached hydrogens (tertiary/aromatic N) is 1. The van der Waals surface area contributed by atoms with Crippen LogP contribution in [0.15, 0.2) is 24.3 Å². The zero-order chi connectivity index (χ0) is 17.0. The molecule has 136 valence electrons. The molecule has 0 radical (unpaired) electrons. The lowest BCUT2D eigenvalue weighted by atomic mass is 10.2. The van der Waals surface area contributed by atoms with Crippen molar-refractivity contribution in [3.05, 3.63) is 29.8 Å². The van der Waals surface area contributed by atoms with Gasteiger partial charge in [-0.25, -0.2) is 12.8 Å². The number of hydrogen-bond donors (Lipinski definition) is 2. The lowest BCUT2D eigenvalue weighted by molar-refractivity contribution is -0.119. The van der Waals surface area contributed by atoms with Crippen molar-refractivity contribution in [2.24, 2.45) is 0 Å². The summed E-state index contributed by atoms with van der Waals surface area (Å²) in [6, 6.07) is 6.83. The molecule has 1 saturated heterocycles. The van der Waals surface area contributed by atoms with E-state index >= 15 is 0 Å². The van der Waals surface area contributed by atoms with Gasteiger partial charge in [-0.2, -0.15) is 0 Å². The van der Waals surface area contributed by atoms with Gasteiger partial charge in [0.25, 0.3) is 0 Å². The van der Waals surface area contributed by atoms with Crippen molar-refractivity contribution in [3.63, 3.8) is 0 Å². The van der Waals surface area contributed by atoms with Gasteiger partial charge in [0, 0.05) is 19.1 Å². The van der Waals surface area contributed by atoms with E-state index in [9.17, 15) is 17.6 Å². The summed E-state index contributed by atoms with van der Waals surface area (Å²) < 4.78 is 38.1. The predicted molar refractivity (Wildman–Crippen MR) is 94.9 cm³/mol. The van der Waals surface area contributed by atoms with E-state index in [0.717, 1.165) is 16.1 Å². The largest absolute Gasteiger partial charge is 0.353 e. The second-order valence-corrected chi connectivity index (χ2v) is 7.76. The molecular weight excluding hydrogens is 357 g/mol. The van der Waals surface area contributed by atoms with Crippen molar-refractivity contribution in [2.75, 3.05) is 30.2 Å². The number of nitrogens with one attached hydrogen (secondary N) is 2. The minimum Gasteiger partial charge on any atom is -0.353 e. The van der Waals surface area contributed by atoms with Gasteiger partial charge < -0.3 is 10.6 Å². The molecule has 24 heavy (non-hydrogen) atoms. The molecule has 1 aromatic rings. The van der Waals surface area contributed by atoms with Gasteiger partial charge in [0.15, 0.2) is 0 Å². The Morgan fingerprint density at radius 1 is 1.46 bits per heavy atom. The number of alkyl halides is 1. The first-order valence-electron chi connectivity index (χ1n) is 7.44. The molecule has 1 amide bonds. The number of amides is 1. The summed E-state index contributed by atoms with van der Waals surface area (Å²) in [6.45, 7) is 2.13. The predicted octanol–water partition coefficient (Wildman–Crippen LogP) is 0.999. The number of benzene rings is 1. The van der Waals surface area contributed by atoms with E-state index in [1.807, 2.05) is 13.0 Å². The monoisotopic (exact) mass is 379 g/mol. The summed E-state index contributed by atoms with van der Waals surface area (Å²) in [5, 5.41) is 5.62. The average Bonchev–Trinajstić information content (AvgIpc) is 2.87. The average molecular weight is 380 g/mol. The van der Waals surface area contributed by atoms with Gasteiger partial charge in [-0.1, -0.05) is 12.1 Å². The van der Waals surface area contributed by atoms with Gasteiger partial charge >= 0.3 is 0 Å². The van der Waals surface area contributed by atoms with Crippen molar-refractivity contribution in [1.29, 1.82) is 0 Å². The van der Waals surface area contributed by atoms with Crippen molar-refractivity contribution in [3.8, 4) is 0 Å². The summed E-state index contributed by atoms with van der Waals surface area (Å²) in [6.07, 6.45) is 0.527. The number of hydrogen-bond acceptors (Lipinski definition) is 4. The SMILES string of the molecule is Cc1cccc(N(CC(=O)NC[C@@H]2C[C@H](F)CN2)S(C)(=O)=O)c1.Cl. The van der Waals surface area contributed by atoms with Crippen LogP contribution < -0.4 is 14.9 Å². The smallest absolute Gasteiger partial charge is 0.240 e. The summed E-state index contributed by atoms with van der Waals surface area (Å²) in [7, 11) is -3.58. The van der Waals surface area contributed by atoms with Crippen molar-refractivity contribution in [2.45, 2.75) is 25.6 Å². The fraction of sp³-hybridized carbons (Fsp3) is 0.533. The van der Waals surface area contributed by atoms with E-state index in [2.05, 4.69) is 10.6 Å². The minimum atomic E-state index is -3.58. The molecule has 0 saturated carbocycles. The molecule has 0 unspecified atom stereocenters. The van der Waals surface area contributed by atoms with E-state index in [0.29, 0.717) is 18.7 Å². The number of sulfonamides is 1. The second kappa shape index (κ2) is 8.64. The van der Waals surface area contributed by atoms with Crippen LogP contribution in [0, 0.1) is 6.92 Å². The fourth-order valence-electron chi connectivity index (χ4n) is 2.53. The molecule has 1 aliphatic heterocycles. The molecule has 9 heteroatoms. The normalized spacial score (nSPS) is 20.3. The first-order valence-corrected chi connectivity index (χ1v) is 9.29. The number of halogens is 2. The lowest BCUT2D eigenvalue weighted by Gasteiger charge is -2.22. The first-order chi connectivity index (χ1) is 10.8. The molecular formula is C15H23ClFN3O3S. The van der Waals surface area contributed by atoms with Crippen LogP contribution in [0.4, 0.5) is 10.1 Å². The highest BCUT2D eigenvalue weighted by atomic mass is 35.5. The molecule has 1 aliphatic rings. The van der Waals surface area contributed by atoms with Gasteiger partial charge in [0.05, 0.1) is 11.9 Å². The summed E-state index contributed by atoms with van der Waals surface area (Å²) >= 11 is 0. The Morgan fingerprint density at radius 3 is 2.71 bits per heavy atom. The molecule has 0 spiro atoms. The number of anilines is 1. The van der Waals surface area contributed by atoms with E-state index in [-0.39, 0.29) is 31.5 Å². The molecule has 2 N–H and O–H groups in total. The maximum atomic E-state index is 13.1. The third kappa shape index (κ3) is 5.92. The lowest BCUT2D eigenvalue weighted by Crippen LogP contribution is -2.44. The molecule has 6 nitrogen and oxygen atoms in total. The fourth-order valence-corrected chi connectivity index (χ4v) is 3.38. The molecule has 2 atom stereocenters. The summed E-state index contributed by atoms with van der Waals surface area (Å²) in [5.74, 6) is -0.416. The van der Waals surface area contributed by atoms with Gasteiger partial charge in [-0.05, 0) is 31.0 Å². The topological polar surface area (TPSA) is 78.5 Å². The number of rotatable bonds is 6. The Bertz CT molecular complexity index is 672. The van der Waals surface area contributed by atoms with Crippen LogP contribution in [-0.2, 0) is 14.8 Å². The zero-order valence-electron chi connectivity index (χ0n) is 13.7. The van der Waals surface area contributed by atoms with E-state index in [1.165, 1.54) is 0 Å². The molecule has 0 aliphatic carbocycles. The number of aryl methyl sites for hydroxylation is 1. The minimum absolute atomic E-state index is 0. The van der Waals surface area contributed by atoms with Crippen molar-refractivity contribution >= 4 is 34.0 Å². The molecule has 0 aromatic heterocycles. The first kappa shape index (κ1) is 20.7. The Balaban J connectivity index is 0.00000288.